The van der Waals surface area contributed by atoms with Crippen LogP contribution in [0.25, 0.3) is 0 Å². The Bertz CT molecular complexity index is 288. The van der Waals surface area contributed by atoms with Crippen LogP contribution in [0.15, 0.2) is 0 Å². The Morgan fingerprint density at radius 1 is 0.833 bits per heavy atom. The van der Waals surface area contributed by atoms with Crippen LogP contribution in [0.2, 0.25) is 0 Å². The molecule has 1 N–H and O–H groups in total. The second-order valence-corrected chi connectivity index (χ2v) is 7.54. The highest BCUT2D eigenvalue weighted by Gasteiger charge is 2.49. The molecule has 0 amide bonds. The average molecular weight is 344 g/mol. The number of hydrogen-bond acceptors (Lipinski definition) is 3. The van der Waals surface area contributed by atoms with Crippen molar-refractivity contribution in [2.24, 2.45) is 5.92 Å². The number of ether oxygens (including phenoxy) is 2. The third-order valence-corrected chi connectivity index (χ3v) is 4.94. The minimum absolute atomic E-state index is 0.118. The maximum atomic E-state index is 6.20. The smallest absolute Gasteiger partial charge is 0.183 e. The molecule has 1 unspecified atom stereocenters. The predicted octanol–water partition coefficient (Wildman–Crippen LogP) is 5.92. The molecule has 0 aliphatic heterocycles. The molecule has 0 saturated carbocycles. The summed E-state index contributed by atoms with van der Waals surface area (Å²) in [6.07, 6.45) is 10.1. The molecule has 0 aromatic carbocycles. The summed E-state index contributed by atoms with van der Waals surface area (Å²) >= 11 is 0. The molecule has 0 heterocycles. The lowest BCUT2D eigenvalue weighted by atomic mass is 9.77. The van der Waals surface area contributed by atoms with Crippen LogP contribution in [0.3, 0.4) is 0 Å². The molecule has 0 rings (SSSR count). The van der Waals surface area contributed by atoms with Gasteiger partial charge in [0, 0.05) is 13.2 Å². The maximum absolute atomic E-state index is 6.20. The molecule has 3 heteroatoms. The zero-order valence-corrected chi connectivity index (χ0v) is 17.7. The van der Waals surface area contributed by atoms with Crippen LogP contribution in [0, 0.1) is 5.92 Å². The normalized spacial score (nSPS) is 15.0. The molecule has 0 aliphatic rings. The van der Waals surface area contributed by atoms with E-state index in [1.165, 1.54) is 38.5 Å². The molecular weight excluding hydrogens is 298 g/mol. The van der Waals surface area contributed by atoms with E-state index in [0.29, 0.717) is 19.1 Å². The monoisotopic (exact) mass is 343 g/mol. The van der Waals surface area contributed by atoms with Gasteiger partial charge in [-0.2, -0.15) is 0 Å². The standard InChI is InChI=1S/C21H45NO2/c1-8-12-13-14-15-16-17-21(22-9-2,18-19(5)6)20(7,23-10-3)24-11-4/h19,22H,8-18H2,1-7H3. The fourth-order valence-electron chi connectivity index (χ4n) is 3.95. The van der Waals surface area contributed by atoms with Gasteiger partial charge >= 0.3 is 0 Å². The SMILES string of the molecule is CCCCCCCCC(CC(C)C)(NCC)C(C)(OCC)OCC. The molecule has 146 valence electrons. The van der Waals surface area contributed by atoms with Crippen molar-refractivity contribution in [2.75, 3.05) is 19.8 Å². The summed E-state index contributed by atoms with van der Waals surface area (Å²) in [7, 11) is 0. The lowest BCUT2D eigenvalue weighted by Crippen LogP contribution is -2.64. The average Bonchev–Trinajstić information content (AvgIpc) is 2.50. The minimum Gasteiger partial charge on any atom is -0.349 e. The second kappa shape index (κ2) is 13.1. The number of unbranched alkanes of at least 4 members (excludes halogenated alkanes) is 5. The van der Waals surface area contributed by atoms with E-state index < -0.39 is 5.79 Å². The van der Waals surface area contributed by atoms with Gasteiger partial charge in [-0.25, -0.2) is 0 Å². The first-order chi connectivity index (χ1) is 11.4. The van der Waals surface area contributed by atoms with Gasteiger partial charge in [0.25, 0.3) is 0 Å². The molecule has 3 nitrogen and oxygen atoms in total. The van der Waals surface area contributed by atoms with E-state index in [4.69, 9.17) is 9.47 Å². The topological polar surface area (TPSA) is 30.5 Å². The first kappa shape index (κ1) is 23.9. The number of hydrogen-bond donors (Lipinski definition) is 1. The van der Waals surface area contributed by atoms with Crippen molar-refractivity contribution in [3.63, 3.8) is 0 Å². The van der Waals surface area contributed by atoms with Gasteiger partial charge in [-0.1, -0.05) is 66.2 Å². The van der Waals surface area contributed by atoms with Crippen molar-refractivity contribution < 1.29 is 9.47 Å². The fourth-order valence-corrected chi connectivity index (χ4v) is 3.95. The van der Waals surface area contributed by atoms with Crippen LogP contribution in [0.5, 0.6) is 0 Å². The van der Waals surface area contributed by atoms with E-state index in [9.17, 15) is 0 Å². The van der Waals surface area contributed by atoms with E-state index >= 15 is 0 Å². The maximum Gasteiger partial charge on any atom is 0.183 e. The molecule has 0 saturated heterocycles. The summed E-state index contributed by atoms with van der Waals surface area (Å²) < 4.78 is 12.4. The van der Waals surface area contributed by atoms with Crippen LogP contribution in [0.1, 0.15) is 99.8 Å². The Morgan fingerprint density at radius 3 is 1.83 bits per heavy atom. The molecule has 0 bridgehead atoms. The number of rotatable bonds is 16. The highest BCUT2D eigenvalue weighted by Crippen LogP contribution is 2.38. The van der Waals surface area contributed by atoms with Crippen molar-refractivity contribution >= 4 is 0 Å². The van der Waals surface area contributed by atoms with Crippen molar-refractivity contribution in [3.05, 3.63) is 0 Å². The Morgan fingerprint density at radius 2 is 1.38 bits per heavy atom. The lowest BCUT2D eigenvalue weighted by Gasteiger charge is -2.49. The Labute approximate surface area is 152 Å². The van der Waals surface area contributed by atoms with Crippen molar-refractivity contribution in [1.82, 2.24) is 5.32 Å². The Kier molecular flexibility index (Phi) is 13.1. The van der Waals surface area contributed by atoms with Gasteiger partial charge in [-0.05, 0) is 46.1 Å². The summed E-state index contributed by atoms with van der Waals surface area (Å²) in [5.74, 6) is 0.0320. The second-order valence-electron chi connectivity index (χ2n) is 7.54. The molecule has 0 spiro atoms. The predicted molar refractivity (Wildman–Crippen MR) is 106 cm³/mol. The van der Waals surface area contributed by atoms with Crippen molar-refractivity contribution in [2.45, 2.75) is 111 Å². The molecule has 1 atom stereocenters. The molecule has 0 aliphatic carbocycles. The summed E-state index contributed by atoms with van der Waals surface area (Å²) in [5, 5.41) is 3.79. The van der Waals surface area contributed by atoms with Gasteiger partial charge in [-0.3, -0.25) is 0 Å². The van der Waals surface area contributed by atoms with E-state index in [2.05, 4.69) is 53.8 Å². The Hall–Kier alpha value is -0.120. The summed E-state index contributed by atoms with van der Waals surface area (Å²) in [6.45, 7) is 17.6. The highest BCUT2D eigenvalue weighted by atomic mass is 16.7. The van der Waals surface area contributed by atoms with Gasteiger partial charge < -0.3 is 14.8 Å². The quantitative estimate of drug-likeness (QED) is 0.279. The van der Waals surface area contributed by atoms with Gasteiger partial charge in [0.2, 0.25) is 0 Å². The lowest BCUT2D eigenvalue weighted by molar-refractivity contribution is -0.270. The van der Waals surface area contributed by atoms with Gasteiger partial charge in [-0.15, -0.1) is 0 Å². The number of nitrogens with one attached hydrogen (secondary N) is 1. The van der Waals surface area contributed by atoms with Crippen LogP contribution < -0.4 is 5.32 Å². The zero-order valence-electron chi connectivity index (χ0n) is 17.7. The molecule has 0 aromatic rings. The third-order valence-electron chi connectivity index (χ3n) is 4.94. The molecule has 0 radical (unpaired) electrons. The summed E-state index contributed by atoms with van der Waals surface area (Å²) in [6, 6.07) is 0. The van der Waals surface area contributed by atoms with E-state index in [1.54, 1.807) is 0 Å². The van der Waals surface area contributed by atoms with E-state index in [1.807, 2.05) is 0 Å². The fraction of sp³-hybridized carbons (Fsp3) is 1.00. The molecule has 0 aromatic heterocycles. The largest absolute Gasteiger partial charge is 0.349 e. The van der Waals surface area contributed by atoms with E-state index in [-0.39, 0.29) is 5.54 Å². The van der Waals surface area contributed by atoms with Crippen LogP contribution in [-0.4, -0.2) is 31.1 Å². The van der Waals surface area contributed by atoms with Crippen LogP contribution in [0.4, 0.5) is 0 Å². The van der Waals surface area contributed by atoms with E-state index in [0.717, 1.165) is 19.4 Å². The summed E-state index contributed by atoms with van der Waals surface area (Å²) in [4.78, 5) is 0. The first-order valence-electron chi connectivity index (χ1n) is 10.4. The first-order valence-corrected chi connectivity index (χ1v) is 10.4. The molecular formula is C21H45NO2. The molecule has 0 fully saturated rings. The van der Waals surface area contributed by atoms with Gasteiger partial charge in [0.05, 0.1) is 5.54 Å². The summed E-state index contributed by atoms with van der Waals surface area (Å²) in [5.41, 5.74) is -0.118. The molecule has 24 heavy (non-hydrogen) atoms. The minimum atomic E-state index is -0.569. The zero-order chi connectivity index (χ0) is 18.5. The Balaban J connectivity index is 5.14. The van der Waals surface area contributed by atoms with Gasteiger partial charge in [0.1, 0.15) is 0 Å². The van der Waals surface area contributed by atoms with Crippen molar-refractivity contribution in [3.8, 4) is 0 Å². The third kappa shape index (κ3) is 7.84. The highest BCUT2D eigenvalue weighted by molar-refractivity contribution is 5.00. The van der Waals surface area contributed by atoms with Gasteiger partial charge in [0.15, 0.2) is 5.79 Å². The van der Waals surface area contributed by atoms with Crippen LogP contribution in [-0.2, 0) is 9.47 Å². The van der Waals surface area contributed by atoms with Crippen LogP contribution >= 0.6 is 0 Å². The number of likely N-dealkylation sites (N-methyl/N-ethyl adjacent to an activating group) is 1. The van der Waals surface area contributed by atoms with Crippen molar-refractivity contribution in [1.29, 1.82) is 0 Å².